The molecule has 0 N–H and O–H groups in total. The molecule has 2 aliphatic rings. The summed E-state index contributed by atoms with van der Waals surface area (Å²) in [5.41, 5.74) is 4.96. The van der Waals surface area contributed by atoms with Gasteiger partial charge in [0.2, 0.25) is 0 Å². The molecule has 2 aliphatic heterocycles. The van der Waals surface area contributed by atoms with Crippen LogP contribution >= 0.6 is 0 Å². The highest BCUT2D eigenvalue weighted by atomic mass is 16.2. The Hall–Kier alpha value is -3.38. The van der Waals surface area contributed by atoms with Crippen molar-refractivity contribution in [1.82, 2.24) is 4.90 Å². The molecule has 31 heavy (non-hydrogen) atoms. The van der Waals surface area contributed by atoms with Crippen molar-refractivity contribution in [3.8, 4) is 23.0 Å². The second kappa shape index (κ2) is 9.18. The van der Waals surface area contributed by atoms with Crippen LogP contribution in [0.25, 0.3) is 11.1 Å². The molecule has 3 heteroatoms. The zero-order chi connectivity index (χ0) is 21.7. The Morgan fingerprint density at radius 2 is 1.81 bits per heavy atom. The van der Waals surface area contributed by atoms with Crippen LogP contribution in [0.3, 0.4) is 0 Å². The zero-order valence-corrected chi connectivity index (χ0v) is 18.3. The van der Waals surface area contributed by atoms with E-state index in [1.165, 1.54) is 5.57 Å². The number of likely N-dealkylation sites (tertiary alicyclic amines) is 1. The number of benzene rings is 2. The molecule has 2 heterocycles. The molecule has 0 aliphatic carbocycles. The largest absolute Gasteiger partial charge is 0.338 e. The van der Waals surface area contributed by atoms with Crippen molar-refractivity contribution >= 4 is 11.6 Å². The highest BCUT2D eigenvalue weighted by molar-refractivity contribution is 5.95. The maximum Gasteiger partial charge on any atom is 0.253 e. The number of piperidine rings is 1. The Labute approximate surface area is 185 Å². The van der Waals surface area contributed by atoms with Crippen molar-refractivity contribution in [2.45, 2.75) is 38.6 Å². The van der Waals surface area contributed by atoms with Crippen molar-refractivity contribution in [2.75, 3.05) is 13.1 Å². The summed E-state index contributed by atoms with van der Waals surface area (Å²) in [6.07, 6.45) is 8.82. The molecule has 1 atom stereocenters. The van der Waals surface area contributed by atoms with Gasteiger partial charge in [-0.15, -0.1) is 0 Å². The molecule has 156 valence electrons. The van der Waals surface area contributed by atoms with Crippen molar-refractivity contribution in [3.05, 3.63) is 84.0 Å². The third kappa shape index (κ3) is 5.22. The number of aliphatic imine (C=N–C) groups is 1. The molecule has 0 radical (unpaired) electrons. The number of allylic oxidation sites excluding steroid dienone is 2. The number of hydrogen-bond acceptors (Lipinski definition) is 2. The first-order chi connectivity index (χ1) is 15.0. The molecule has 1 saturated heterocycles. The number of carbonyl (C=O) groups is 1. The van der Waals surface area contributed by atoms with E-state index in [0.29, 0.717) is 0 Å². The lowest BCUT2D eigenvalue weighted by molar-refractivity contribution is 0.0743. The van der Waals surface area contributed by atoms with Crippen LogP contribution < -0.4 is 0 Å². The van der Waals surface area contributed by atoms with Crippen LogP contribution in [-0.2, 0) is 0 Å². The van der Waals surface area contributed by atoms with Gasteiger partial charge in [0, 0.05) is 30.8 Å². The summed E-state index contributed by atoms with van der Waals surface area (Å²) >= 11 is 0. The van der Waals surface area contributed by atoms with E-state index in [-0.39, 0.29) is 11.4 Å². The summed E-state index contributed by atoms with van der Waals surface area (Å²) in [5.74, 6) is 6.65. The molecule has 0 aromatic heterocycles. The summed E-state index contributed by atoms with van der Waals surface area (Å²) < 4.78 is 0. The molecule has 2 aromatic carbocycles. The van der Waals surface area contributed by atoms with E-state index in [1.54, 1.807) is 0 Å². The standard InChI is InChI=1S/C28H28N2O/c1-22-9-7-17-28(2,29-22)18-8-10-23-15-19-30(20-16-23)27(31)26-14-6-13-25(21-26)24-11-4-3-5-12-24/h3-7,9-14,21H,15-17,19-20H2,1-2H3. The number of rotatable bonds is 2. The summed E-state index contributed by atoms with van der Waals surface area (Å²) in [6.45, 7) is 5.56. The lowest BCUT2D eigenvalue weighted by Crippen LogP contribution is -2.36. The average molecular weight is 409 g/mol. The van der Waals surface area contributed by atoms with Crippen LogP contribution in [-0.4, -0.2) is 35.1 Å². The van der Waals surface area contributed by atoms with Gasteiger partial charge in [0.15, 0.2) is 0 Å². The van der Waals surface area contributed by atoms with E-state index >= 15 is 0 Å². The Balaban J connectivity index is 1.38. The summed E-state index contributed by atoms with van der Waals surface area (Å²) in [4.78, 5) is 19.7. The Morgan fingerprint density at radius 3 is 2.55 bits per heavy atom. The van der Waals surface area contributed by atoms with Crippen LogP contribution in [0, 0.1) is 11.8 Å². The predicted octanol–water partition coefficient (Wildman–Crippen LogP) is 5.70. The van der Waals surface area contributed by atoms with Gasteiger partial charge in [0.1, 0.15) is 5.54 Å². The quantitative estimate of drug-likeness (QED) is 0.587. The van der Waals surface area contributed by atoms with Crippen LogP contribution in [0.5, 0.6) is 0 Å². The fraction of sp³-hybridized carbons (Fsp3) is 0.286. The minimum Gasteiger partial charge on any atom is -0.338 e. The third-order valence-corrected chi connectivity index (χ3v) is 5.82. The maximum absolute atomic E-state index is 13.0. The molecule has 1 unspecified atom stereocenters. The monoisotopic (exact) mass is 408 g/mol. The Bertz CT molecular complexity index is 1100. The van der Waals surface area contributed by atoms with Crippen LogP contribution in [0.1, 0.15) is 43.5 Å². The molecular formula is C28H28N2O. The van der Waals surface area contributed by atoms with Gasteiger partial charge in [-0.1, -0.05) is 66.0 Å². The molecule has 4 rings (SSSR count). The topological polar surface area (TPSA) is 32.7 Å². The van der Waals surface area contributed by atoms with Gasteiger partial charge in [0.05, 0.1) is 0 Å². The van der Waals surface area contributed by atoms with Gasteiger partial charge in [-0.2, -0.15) is 0 Å². The van der Waals surface area contributed by atoms with Gasteiger partial charge in [-0.05, 0) is 62.1 Å². The second-order valence-corrected chi connectivity index (χ2v) is 8.44. The van der Waals surface area contributed by atoms with Crippen molar-refractivity contribution in [2.24, 2.45) is 4.99 Å². The minimum absolute atomic E-state index is 0.106. The fourth-order valence-electron chi connectivity index (χ4n) is 4.09. The van der Waals surface area contributed by atoms with Crippen LogP contribution in [0.15, 0.2) is 83.4 Å². The van der Waals surface area contributed by atoms with Crippen molar-refractivity contribution < 1.29 is 4.79 Å². The normalized spacial score (nSPS) is 20.5. The highest BCUT2D eigenvalue weighted by Crippen LogP contribution is 2.23. The molecule has 0 spiro atoms. The third-order valence-electron chi connectivity index (χ3n) is 5.82. The maximum atomic E-state index is 13.0. The Morgan fingerprint density at radius 1 is 1.06 bits per heavy atom. The average Bonchev–Trinajstić information content (AvgIpc) is 2.79. The SMILES string of the molecule is CC1=NC(C)(C#CC=C2CCN(C(=O)c3cccc(-c4ccccc4)c3)CC2)CC=C1. The molecule has 3 nitrogen and oxygen atoms in total. The molecule has 2 aromatic rings. The lowest BCUT2D eigenvalue weighted by Gasteiger charge is -2.28. The first-order valence-corrected chi connectivity index (χ1v) is 10.9. The van der Waals surface area contributed by atoms with Crippen molar-refractivity contribution in [1.29, 1.82) is 0 Å². The number of nitrogens with zero attached hydrogens (tertiary/aromatic N) is 2. The second-order valence-electron chi connectivity index (χ2n) is 8.44. The van der Waals surface area contributed by atoms with E-state index in [1.807, 2.05) is 60.4 Å². The highest BCUT2D eigenvalue weighted by Gasteiger charge is 2.22. The van der Waals surface area contributed by atoms with Crippen molar-refractivity contribution in [3.63, 3.8) is 0 Å². The van der Waals surface area contributed by atoms with Gasteiger partial charge < -0.3 is 4.90 Å². The molecule has 1 fully saturated rings. The van der Waals surface area contributed by atoms with Gasteiger partial charge in [-0.3, -0.25) is 9.79 Å². The van der Waals surface area contributed by atoms with Gasteiger partial charge in [0.25, 0.3) is 5.91 Å². The molecular weight excluding hydrogens is 380 g/mol. The van der Waals surface area contributed by atoms with E-state index in [0.717, 1.165) is 54.8 Å². The fourth-order valence-corrected chi connectivity index (χ4v) is 4.09. The summed E-state index contributed by atoms with van der Waals surface area (Å²) in [6, 6.07) is 18.1. The van der Waals surface area contributed by atoms with Gasteiger partial charge >= 0.3 is 0 Å². The summed E-state index contributed by atoms with van der Waals surface area (Å²) in [5, 5.41) is 0. The van der Waals surface area contributed by atoms with Crippen LogP contribution in [0.2, 0.25) is 0 Å². The van der Waals surface area contributed by atoms with Crippen LogP contribution in [0.4, 0.5) is 0 Å². The zero-order valence-electron chi connectivity index (χ0n) is 18.3. The first-order valence-electron chi connectivity index (χ1n) is 10.9. The first kappa shape index (κ1) is 20.9. The van der Waals surface area contributed by atoms with E-state index < -0.39 is 0 Å². The summed E-state index contributed by atoms with van der Waals surface area (Å²) in [7, 11) is 0. The van der Waals surface area contributed by atoms with Gasteiger partial charge in [-0.25, -0.2) is 0 Å². The predicted molar refractivity (Wildman–Crippen MR) is 128 cm³/mol. The number of hydrogen-bond donors (Lipinski definition) is 0. The number of carbonyl (C=O) groups excluding carboxylic acids is 1. The van der Waals surface area contributed by atoms with E-state index in [4.69, 9.17) is 0 Å². The molecule has 0 saturated carbocycles. The molecule has 0 bridgehead atoms. The number of amides is 1. The smallest absolute Gasteiger partial charge is 0.253 e. The lowest BCUT2D eigenvalue weighted by atomic mass is 9.95. The number of dihydropyridines is 1. The molecule has 1 amide bonds. The van der Waals surface area contributed by atoms with E-state index in [2.05, 4.69) is 48.0 Å². The minimum atomic E-state index is -0.323. The Kier molecular flexibility index (Phi) is 6.18. The van der Waals surface area contributed by atoms with E-state index in [9.17, 15) is 4.79 Å².